The predicted octanol–water partition coefficient (Wildman–Crippen LogP) is 2.41. The van der Waals surface area contributed by atoms with Gasteiger partial charge in [0.2, 0.25) is 0 Å². The van der Waals surface area contributed by atoms with Crippen LogP contribution in [0.25, 0.3) is 0 Å². The highest BCUT2D eigenvalue weighted by atomic mass is 16.3. The van der Waals surface area contributed by atoms with Crippen LogP contribution in [-0.4, -0.2) is 34.7 Å². The van der Waals surface area contributed by atoms with Crippen molar-refractivity contribution in [2.45, 2.75) is 70.6 Å². The minimum absolute atomic E-state index is 0.0605. The van der Waals surface area contributed by atoms with Crippen LogP contribution < -0.4 is 0 Å². The average molecular weight is 211 g/mol. The summed E-state index contributed by atoms with van der Waals surface area (Å²) in [5, 5.41) is 10.1. The molecule has 88 valence electrons. The Morgan fingerprint density at radius 2 is 1.80 bits per heavy atom. The molecule has 4 atom stereocenters. The zero-order chi connectivity index (χ0) is 10.8. The van der Waals surface area contributed by atoms with Gasteiger partial charge in [0.1, 0.15) is 0 Å². The molecule has 2 fully saturated rings. The molecular formula is C13H25NO. The molecule has 2 rings (SSSR count). The first-order chi connectivity index (χ1) is 7.18. The van der Waals surface area contributed by atoms with Crippen LogP contribution in [0.5, 0.6) is 0 Å². The summed E-state index contributed by atoms with van der Waals surface area (Å²) in [6.07, 6.45) is 7.31. The van der Waals surface area contributed by atoms with E-state index in [0.717, 1.165) is 12.3 Å². The van der Waals surface area contributed by atoms with E-state index in [1.165, 1.54) is 38.6 Å². The largest absolute Gasteiger partial charge is 0.391 e. The fourth-order valence-electron chi connectivity index (χ4n) is 3.40. The van der Waals surface area contributed by atoms with E-state index in [4.69, 9.17) is 0 Å². The highest BCUT2D eigenvalue weighted by Gasteiger charge is 2.33. The summed E-state index contributed by atoms with van der Waals surface area (Å²) in [6, 6.07) is 1.13. The van der Waals surface area contributed by atoms with Gasteiger partial charge < -0.3 is 5.11 Å². The van der Waals surface area contributed by atoms with Crippen molar-refractivity contribution in [2.24, 2.45) is 5.92 Å². The van der Waals surface area contributed by atoms with Crippen molar-refractivity contribution in [2.75, 3.05) is 6.54 Å². The van der Waals surface area contributed by atoms with Crippen LogP contribution in [0.2, 0.25) is 0 Å². The van der Waals surface area contributed by atoms with Gasteiger partial charge in [0.15, 0.2) is 0 Å². The van der Waals surface area contributed by atoms with E-state index < -0.39 is 0 Å². The molecular weight excluding hydrogens is 186 g/mol. The van der Waals surface area contributed by atoms with Gasteiger partial charge in [0.25, 0.3) is 0 Å². The lowest BCUT2D eigenvalue weighted by molar-refractivity contribution is -0.0184. The maximum atomic E-state index is 10.1. The molecule has 1 saturated heterocycles. The van der Waals surface area contributed by atoms with Crippen LogP contribution in [0.1, 0.15) is 52.4 Å². The number of nitrogens with zero attached hydrogens (tertiary/aromatic N) is 1. The Kier molecular flexibility index (Phi) is 3.68. The molecule has 1 N–H and O–H groups in total. The molecule has 2 heteroatoms. The molecule has 2 aliphatic rings. The highest BCUT2D eigenvalue weighted by Crippen LogP contribution is 2.30. The number of aliphatic hydroxyl groups is 1. The summed E-state index contributed by atoms with van der Waals surface area (Å²) in [5.74, 6) is 0.872. The topological polar surface area (TPSA) is 23.5 Å². The van der Waals surface area contributed by atoms with Gasteiger partial charge in [-0.2, -0.15) is 0 Å². The number of hydrogen-bond acceptors (Lipinski definition) is 2. The SMILES string of the molecule is CC1CCN([C@@H]2CCCC[C@H]2O)C(C)C1. The van der Waals surface area contributed by atoms with Gasteiger partial charge in [-0.3, -0.25) is 4.90 Å². The third kappa shape index (κ3) is 2.54. The lowest BCUT2D eigenvalue weighted by Gasteiger charge is -2.45. The number of hydrogen-bond donors (Lipinski definition) is 1. The molecule has 0 spiro atoms. The Bertz CT molecular complexity index is 207. The second kappa shape index (κ2) is 4.84. The van der Waals surface area contributed by atoms with E-state index >= 15 is 0 Å². The molecule has 2 unspecified atom stereocenters. The highest BCUT2D eigenvalue weighted by molar-refractivity contribution is 4.88. The monoisotopic (exact) mass is 211 g/mol. The van der Waals surface area contributed by atoms with E-state index in [9.17, 15) is 5.11 Å². The second-order valence-electron chi connectivity index (χ2n) is 5.64. The number of rotatable bonds is 1. The third-order valence-electron chi connectivity index (χ3n) is 4.31. The van der Waals surface area contributed by atoms with Gasteiger partial charge in [-0.15, -0.1) is 0 Å². The van der Waals surface area contributed by atoms with Gasteiger partial charge in [-0.05, 0) is 45.1 Å². The maximum absolute atomic E-state index is 10.1. The molecule has 0 amide bonds. The molecule has 1 heterocycles. The Labute approximate surface area is 93.7 Å². The first-order valence-corrected chi connectivity index (χ1v) is 6.62. The van der Waals surface area contributed by atoms with Gasteiger partial charge in [0, 0.05) is 12.1 Å². The molecule has 0 bridgehead atoms. The van der Waals surface area contributed by atoms with Crippen LogP contribution in [0.15, 0.2) is 0 Å². The van der Waals surface area contributed by atoms with Crippen molar-refractivity contribution < 1.29 is 5.11 Å². The summed E-state index contributed by atoms with van der Waals surface area (Å²) >= 11 is 0. The van der Waals surface area contributed by atoms with Crippen LogP contribution in [0.4, 0.5) is 0 Å². The minimum Gasteiger partial charge on any atom is -0.391 e. The maximum Gasteiger partial charge on any atom is 0.0695 e. The summed E-state index contributed by atoms with van der Waals surface area (Å²) in [6.45, 7) is 5.88. The Morgan fingerprint density at radius 1 is 1.07 bits per heavy atom. The van der Waals surface area contributed by atoms with Crippen molar-refractivity contribution in [1.29, 1.82) is 0 Å². The van der Waals surface area contributed by atoms with E-state index in [0.29, 0.717) is 12.1 Å². The second-order valence-corrected chi connectivity index (χ2v) is 5.64. The summed E-state index contributed by atoms with van der Waals surface area (Å²) in [4.78, 5) is 2.57. The summed E-state index contributed by atoms with van der Waals surface area (Å²) in [7, 11) is 0. The fourth-order valence-corrected chi connectivity index (χ4v) is 3.40. The van der Waals surface area contributed by atoms with Crippen LogP contribution in [0.3, 0.4) is 0 Å². The summed E-state index contributed by atoms with van der Waals surface area (Å²) < 4.78 is 0. The quantitative estimate of drug-likeness (QED) is 0.720. The lowest BCUT2D eigenvalue weighted by Crippen LogP contribution is -2.52. The molecule has 2 nitrogen and oxygen atoms in total. The van der Waals surface area contributed by atoms with Crippen molar-refractivity contribution >= 4 is 0 Å². The van der Waals surface area contributed by atoms with Crippen molar-refractivity contribution in [3.63, 3.8) is 0 Å². The zero-order valence-corrected chi connectivity index (χ0v) is 10.2. The number of likely N-dealkylation sites (tertiary alicyclic amines) is 1. The lowest BCUT2D eigenvalue weighted by atomic mass is 9.86. The molecule has 1 aliphatic heterocycles. The molecule has 1 saturated carbocycles. The molecule has 0 aromatic carbocycles. The number of piperidine rings is 1. The van der Waals surface area contributed by atoms with Gasteiger partial charge >= 0.3 is 0 Å². The minimum atomic E-state index is -0.0605. The molecule has 1 aliphatic carbocycles. The average Bonchev–Trinajstić information content (AvgIpc) is 2.20. The van der Waals surface area contributed by atoms with E-state index in [2.05, 4.69) is 18.7 Å². The molecule has 0 radical (unpaired) electrons. The number of aliphatic hydroxyl groups excluding tert-OH is 1. The third-order valence-corrected chi connectivity index (χ3v) is 4.31. The smallest absolute Gasteiger partial charge is 0.0695 e. The van der Waals surface area contributed by atoms with Crippen molar-refractivity contribution in [3.8, 4) is 0 Å². The van der Waals surface area contributed by atoms with Crippen molar-refractivity contribution in [1.82, 2.24) is 4.90 Å². The van der Waals surface area contributed by atoms with Crippen LogP contribution in [0, 0.1) is 5.92 Å². The Hall–Kier alpha value is -0.0800. The van der Waals surface area contributed by atoms with Gasteiger partial charge in [-0.1, -0.05) is 19.8 Å². The normalized spacial score (nSPS) is 44.2. The molecule has 0 aromatic rings. The van der Waals surface area contributed by atoms with Gasteiger partial charge in [0.05, 0.1) is 6.10 Å². The Morgan fingerprint density at radius 3 is 2.47 bits per heavy atom. The van der Waals surface area contributed by atoms with Crippen molar-refractivity contribution in [3.05, 3.63) is 0 Å². The zero-order valence-electron chi connectivity index (χ0n) is 10.2. The standard InChI is InChI=1S/C13H25NO/c1-10-7-8-14(11(2)9-10)12-5-3-4-6-13(12)15/h10-13,15H,3-9H2,1-2H3/t10?,11?,12-,13-/m1/s1. The molecule has 0 aromatic heterocycles. The van der Waals surface area contributed by atoms with Crippen LogP contribution in [-0.2, 0) is 0 Å². The first kappa shape index (κ1) is 11.4. The Balaban J connectivity index is 1.96. The fraction of sp³-hybridized carbons (Fsp3) is 1.00. The van der Waals surface area contributed by atoms with Crippen LogP contribution >= 0.6 is 0 Å². The van der Waals surface area contributed by atoms with E-state index in [1.54, 1.807) is 0 Å². The molecule has 15 heavy (non-hydrogen) atoms. The van der Waals surface area contributed by atoms with E-state index in [-0.39, 0.29) is 6.10 Å². The first-order valence-electron chi connectivity index (χ1n) is 6.62. The van der Waals surface area contributed by atoms with E-state index in [1.807, 2.05) is 0 Å². The van der Waals surface area contributed by atoms with Gasteiger partial charge in [-0.25, -0.2) is 0 Å². The predicted molar refractivity (Wildman–Crippen MR) is 62.8 cm³/mol. The summed E-state index contributed by atoms with van der Waals surface area (Å²) in [5.41, 5.74) is 0.